The van der Waals surface area contributed by atoms with Gasteiger partial charge < -0.3 is 14.6 Å². The summed E-state index contributed by atoms with van der Waals surface area (Å²) in [6, 6.07) is 12.1. The Morgan fingerprint density at radius 1 is 1.25 bits per heavy atom. The van der Waals surface area contributed by atoms with Gasteiger partial charge in [0.25, 0.3) is 0 Å². The van der Waals surface area contributed by atoms with E-state index in [9.17, 15) is 14.9 Å². The van der Waals surface area contributed by atoms with Crippen LogP contribution in [0.25, 0.3) is 5.69 Å². The fourth-order valence-electron chi connectivity index (χ4n) is 2.33. The van der Waals surface area contributed by atoms with Crippen LogP contribution in [0.4, 0.5) is 0 Å². The van der Waals surface area contributed by atoms with E-state index >= 15 is 0 Å². The standard InChI is InChI=1S/C18H19N3O3/c1-13(12-24-2)20-18(23)16(11-19)17(22)14-5-7-15(8-6-14)21-9-3-4-10-21/h3-10,13,16H,12H2,1-2H3,(H,20,23)/t13-,16+/m0/s1. The smallest absolute Gasteiger partial charge is 0.245 e. The van der Waals surface area contributed by atoms with Gasteiger partial charge in [-0.2, -0.15) is 5.26 Å². The monoisotopic (exact) mass is 325 g/mol. The first-order valence-electron chi connectivity index (χ1n) is 7.53. The number of nitriles is 1. The van der Waals surface area contributed by atoms with Gasteiger partial charge in [0, 0.05) is 36.8 Å². The number of methoxy groups -OCH3 is 1. The number of carbonyl (C=O) groups excluding carboxylic acids is 2. The third kappa shape index (κ3) is 4.09. The van der Waals surface area contributed by atoms with E-state index in [-0.39, 0.29) is 6.04 Å². The van der Waals surface area contributed by atoms with Gasteiger partial charge in [0.05, 0.1) is 12.7 Å². The highest BCUT2D eigenvalue weighted by atomic mass is 16.5. The van der Waals surface area contributed by atoms with Crippen molar-refractivity contribution >= 4 is 11.7 Å². The molecule has 124 valence electrons. The predicted octanol–water partition coefficient (Wildman–Crippen LogP) is 1.95. The van der Waals surface area contributed by atoms with E-state index in [2.05, 4.69) is 5.32 Å². The third-order valence-electron chi connectivity index (χ3n) is 3.51. The molecule has 0 radical (unpaired) electrons. The van der Waals surface area contributed by atoms with Crippen LogP contribution >= 0.6 is 0 Å². The Hall–Kier alpha value is -2.91. The number of ether oxygens (including phenoxy) is 1. The highest BCUT2D eigenvalue weighted by molar-refractivity contribution is 6.12. The molecule has 1 aromatic heterocycles. The molecule has 0 unspecified atom stereocenters. The van der Waals surface area contributed by atoms with Crippen LogP contribution in [0.5, 0.6) is 0 Å². The summed E-state index contributed by atoms with van der Waals surface area (Å²) in [7, 11) is 1.52. The molecule has 6 nitrogen and oxygen atoms in total. The predicted molar refractivity (Wildman–Crippen MR) is 88.7 cm³/mol. The first kappa shape index (κ1) is 17.4. The van der Waals surface area contributed by atoms with Crippen LogP contribution < -0.4 is 5.32 Å². The van der Waals surface area contributed by atoms with Crippen molar-refractivity contribution in [1.29, 1.82) is 5.26 Å². The Labute approximate surface area is 140 Å². The maximum absolute atomic E-state index is 12.4. The van der Waals surface area contributed by atoms with Crippen molar-refractivity contribution in [3.8, 4) is 11.8 Å². The summed E-state index contributed by atoms with van der Waals surface area (Å²) in [5.41, 5.74) is 1.22. The van der Waals surface area contributed by atoms with Crippen LogP contribution in [0.2, 0.25) is 0 Å². The molecule has 0 aliphatic heterocycles. The van der Waals surface area contributed by atoms with Crippen LogP contribution in [-0.2, 0) is 9.53 Å². The van der Waals surface area contributed by atoms with Gasteiger partial charge >= 0.3 is 0 Å². The van der Waals surface area contributed by atoms with E-state index in [1.165, 1.54) is 7.11 Å². The summed E-state index contributed by atoms with van der Waals surface area (Å²) >= 11 is 0. The molecule has 24 heavy (non-hydrogen) atoms. The van der Waals surface area contributed by atoms with E-state index < -0.39 is 17.6 Å². The number of carbonyl (C=O) groups is 2. The summed E-state index contributed by atoms with van der Waals surface area (Å²) in [5.74, 6) is -2.50. The second-order valence-electron chi connectivity index (χ2n) is 5.43. The van der Waals surface area contributed by atoms with Gasteiger partial charge in [-0.25, -0.2) is 0 Å². The van der Waals surface area contributed by atoms with E-state index in [4.69, 9.17) is 4.74 Å². The molecule has 1 heterocycles. The Morgan fingerprint density at radius 3 is 2.42 bits per heavy atom. The fraction of sp³-hybridized carbons (Fsp3) is 0.278. The highest BCUT2D eigenvalue weighted by Crippen LogP contribution is 2.14. The second-order valence-corrected chi connectivity index (χ2v) is 5.43. The van der Waals surface area contributed by atoms with E-state index in [0.29, 0.717) is 12.2 Å². The molecule has 0 aliphatic carbocycles. The first-order chi connectivity index (χ1) is 11.6. The zero-order valence-corrected chi connectivity index (χ0v) is 13.6. The first-order valence-corrected chi connectivity index (χ1v) is 7.53. The molecule has 1 amide bonds. The normalized spacial score (nSPS) is 12.9. The van der Waals surface area contributed by atoms with Crippen molar-refractivity contribution in [3.63, 3.8) is 0 Å². The molecule has 2 aromatic rings. The molecule has 2 rings (SSSR count). The summed E-state index contributed by atoms with van der Waals surface area (Å²) < 4.78 is 6.82. The van der Waals surface area contributed by atoms with Gasteiger partial charge in [0.15, 0.2) is 11.7 Å². The van der Waals surface area contributed by atoms with Gasteiger partial charge in [-0.3, -0.25) is 9.59 Å². The largest absolute Gasteiger partial charge is 0.383 e. The van der Waals surface area contributed by atoms with E-state index in [1.807, 2.05) is 29.1 Å². The summed E-state index contributed by atoms with van der Waals surface area (Å²) in [6.07, 6.45) is 3.78. The zero-order chi connectivity index (χ0) is 17.5. The van der Waals surface area contributed by atoms with Crippen molar-refractivity contribution in [3.05, 3.63) is 54.4 Å². The van der Waals surface area contributed by atoms with Crippen LogP contribution in [0.3, 0.4) is 0 Å². The van der Waals surface area contributed by atoms with Gasteiger partial charge in [-0.15, -0.1) is 0 Å². The molecule has 2 atom stereocenters. The minimum absolute atomic E-state index is 0.276. The van der Waals surface area contributed by atoms with E-state index in [1.54, 1.807) is 37.3 Å². The molecule has 0 saturated heterocycles. The summed E-state index contributed by atoms with van der Waals surface area (Å²) in [4.78, 5) is 24.5. The van der Waals surface area contributed by atoms with Crippen LogP contribution in [-0.4, -0.2) is 36.0 Å². The van der Waals surface area contributed by atoms with Crippen molar-refractivity contribution in [2.24, 2.45) is 5.92 Å². The minimum atomic E-state index is -1.37. The number of benzene rings is 1. The van der Waals surface area contributed by atoms with Gasteiger partial charge in [-0.05, 0) is 43.3 Å². The van der Waals surface area contributed by atoms with Gasteiger partial charge in [0.2, 0.25) is 5.91 Å². The number of hydrogen-bond donors (Lipinski definition) is 1. The van der Waals surface area contributed by atoms with Crippen LogP contribution in [0, 0.1) is 17.2 Å². The number of ketones is 1. The highest BCUT2D eigenvalue weighted by Gasteiger charge is 2.28. The van der Waals surface area contributed by atoms with Crippen molar-refractivity contribution < 1.29 is 14.3 Å². The number of rotatable bonds is 7. The Morgan fingerprint density at radius 2 is 1.88 bits per heavy atom. The van der Waals surface area contributed by atoms with Crippen LogP contribution in [0.1, 0.15) is 17.3 Å². The Balaban J connectivity index is 2.11. The summed E-state index contributed by atoms with van der Waals surface area (Å²) in [6.45, 7) is 2.05. The number of nitrogens with one attached hydrogen (secondary N) is 1. The maximum Gasteiger partial charge on any atom is 0.245 e. The number of nitrogens with zero attached hydrogens (tertiary/aromatic N) is 2. The van der Waals surface area contributed by atoms with E-state index in [0.717, 1.165) is 5.69 Å². The lowest BCUT2D eigenvalue weighted by Crippen LogP contribution is -2.41. The molecular formula is C18H19N3O3. The van der Waals surface area contributed by atoms with Crippen molar-refractivity contribution in [1.82, 2.24) is 9.88 Å². The van der Waals surface area contributed by atoms with Gasteiger partial charge in [0.1, 0.15) is 0 Å². The summed E-state index contributed by atoms with van der Waals surface area (Å²) in [5, 5.41) is 11.8. The molecule has 0 spiro atoms. The quantitative estimate of drug-likeness (QED) is 0.623. The molecule has 0 saturated carbocycles. The number of Topliss-reactive ketones (excluding diaryl/α,β-unsaturated/α-hetero) is 1. The number of aromatic nitrogens is 1. The second kappa shape index (κ2) is 8.09. The molecule has 0 aliphatic rings. The lowest BCUT2D eigenvalue weighted by Gasteiger charge is -2.15. The average molecular weight is 325 g/mol. The van der Waals surface area contributed by atoms with Gasteiger partial charge in [-0.1, -0.05) is 0 Å². The zero-order valence-electron chi connectivity index (χ0n) is 13.6. The Kier molecular flexibility index (Phi) is 5.88. The minimum Gasteiger partial charge on any atom is -0.383 e. The third-order valence-corrected chi connectivity index (χ3v) is 3.51. The topological polar surface area (TPSA) is 84.1 Å². The lowest BCUT2D eigenvalue weighted by atomic mass is 9.97. The molecule has 6 heteroatoms. The number of amides is 1. The molecule has 1 N–H and O–H groups in total. The number of hydrogen-bond acceptors (Lipinski definition) is 4. The molecule has 0 fully saturated rings. The SMILES string of the molecule is COC[C@H](C)NC(=O)[C@H](C#N)C(=O)c1ccc(-n2cccc2)cc1. The molecule has 1 aromatic carbocycles. The maximum atomic E-state index is 12.4. The van der Waals surface area contributed by atoms with Crippen molar-refractivity contribution in [2.75, 3.05) is 13.7 Å². The molecular weight excluding hydrogens is 306 g/mol. The fourth-order valence-corrected chi connectivity index (χ4v) is 2.33. The lowest BCUT2D eigenvalue weighted by molar-refractivity contribution is -0.123. The van der Waals surface area contributed by atoms with Crippen molar-refractivity contribution in [2.45, 2.75) is 13.0 Å². The average Bonchev–Trinajstić information content (AvgIpc) is 3.10. The Bertz CT molecular complexity index is 730. The molecule has 0 bridgehead atoms. The van der Waals surface area contributed by atoms with Crippen LogP contribution in [0.15, 0.2) is 48.8 Å².